The predicted molar refractivity (Wildman–Crippen MR) is 87.6 cm³/mol. The second-order valence-electron chi connectivity index (χ2n) is 5.01. The summed E-state index contributed by atoms with van der Waals surface area (Å²) in [5, 5.41) is 7.01. The number of aromatic nitrogens is 2. The van der Waals surface area contributed by atoms with Gasteiger partial charge in [0, 0.05) is 25.1 Å². The number of rotatable bonds is 7. The summed E-state index contributed by atoms with van der Waals surface area (Å²) in [5.41, 5.74) is 7.91. The first-order valence-electron chi connectivity index (χ1n) is 7.68. The van der Waals surface area contributed by atoms with Crippen LogP contribution in [0.2, 0.25) is 0 Å². The lowest BCUT2D eigenvalue weighted by atomic mass is 10.1. The lowest BCUT2D eigenvalue weighted by Gasteiger charge is -2.06. The summed E-state index contributed by atoms with van der Waals surface area (Å²) < 4.78 is 5.23. The van der Waals surface area contributed by atoms with Crippen molar-refractivity contribution in [3.8, 4) is 11.5 Å². The summed E-state index contributed by atoms with van der Waals surface area (Å²) in [5.74, 6) is 1.80. The first-order valence-corrected chi connectivity index (χ1v) is 7.68. The molecule has 0 saturated carbocycles. The zero-order chi connectivity index (χ0) is 15.8. The minimum Gasteiger partial charge on any atom is -0.370 e. The smallest absolute Gasteiger partial charge is 0.257 e. The van der Waals surface area contributed by atoms with E-state index < -0.39 is 0 Å². The Labute approximate surface area is 130 Å². The van der Waals surface area contributed by atoms with Gasteiger partial charge >= 0.3 is 0 Å². The molecule has 3 N–H and O–H groups in total. The third kappa shape index (κ3) is 4.58. The van der Waals surface area contributed by atoms with Crippen molar-refractivity contribution in [2.24, 2.45) is 10.7 Å². The predicted octanol–water partition coefficient (Wildman–Crippen LogP) is 2.16. The molecular weight excluding hydrogens is 278 g/mol. The van der Waals surface area contributed by atoms with E-state index in [9.17, 15) is 0 Å². The highest BCUT2D eigenvalue weighted by atomic mass is 16.5. The number of nitrogens with one attached hydrogen (secondary N) is 1. The molecule has 118 valence electrons. The first kappa shape index (κ1) is 16.0. The quantitative estimate of drug-likeness (QED) is 0.604. The number of aliphatic imine (C=N–C) groups is 1. The fourth-order valence-electron chi connectivity index (χ4n) is 1.95. The minimum absolute atomic E-state index is 0.511. The molecule has 6 heteroatoms. The lowest BCUT2D eigenvalue weighted by Crippen LogP contribution is -2.33. The maximum atomic E-state index is 5.75. The van der Waals surface area contributed by atoms with Gasteiger partial charge in [0.05, 0.1) is 0 Å². The van der Waals surface area contributed by atoms with Crippen molar-refractivity contribution < 1.29 is 4.52 Å². The van der Waals surface area contributed by atoms with Crippen LogP contribution in [0.25, 0.3) is 11.5 Å². The van der Waals surface area contributed by atoms with Crippen LogP contribution in [0.5, 0.6) is 0 Å². The molecular formula is C16H23N5O. The van der Waals surface area contributed by atoms with Gasteiger partial charge in [-0.05, 0) is 30.5 Å². The summed E-state index contributed by atoms with van der Waals surface area (Å²) in [6, 6.07) is 8.12. The first-order chi connectivity index (χ1) is 10.7. The van der Waals surface area contributed by atoms with E-state index in [2.05, 4.69) is 39.5 Å². The van der Waals surface area contributed by atoms with E-state index in [1.807, 2.05) is 19.1 Å². The Morgan fingerprint density at radius 2 is 2.05 bits per heavy atom. The van der Waals surface area contributed by atoms with Crippen LogP contribution in [0.3, 0.4) is 0 Å². The average molecular weight is 301 g/mol. The molecule has 0 radical (unpaired) electrons. The standard InChI is InChI=1S/C16H23N5O/c1-3-10-18-16(17)19-11-9-12-5-7-13(8-6-12)15-20-14(4-2)21-22-15/h5-8H,3-4,9-11H2,1-2H3,(H3,17,18,19). The van der Waals surface area contributed by atoms with E-state index in [4.69, 9.17) is 10.3 Å². The summed E-state index contributed by atoms with van der Waals surface area (Å²) in [7, 11) is 0. The van der Waals surface area contributed by atoms with Gasteiger partial charge in [-0.25, -0.2) is 0 Å². The normalized spacial score (nSPS) is 11.6. The van der Waals surface area contributed by atoms with E-state index in [0.29, 0.717) is 11.9 Å². The molecule has 6 nitrogen and oxygen atoms in total. The van der Waals surface area contributed by atoms with Gasteiger partial charge in [0.15, 0.2) is 11.8 Å². The number of benzene rings is 1. The van der Waals surface area contributed by atoms with Crippen LogP contribution >= 0.6 is 0 Å². The Hall–Kier alpha value is -2.37. The van der Waals surface area contributed by atoms with Crippen molar-refractivity contribution in [3.05, 3.63) is 35.7 Å². The van der Waals surface area contributed by atoms with Crippen molar-refractivity contribution >= 4 is 5.96 Å². The Balaban J connectivity index is 1.87. The second kappa shape index (κ2) is 8.17. The average Bonchev–Trinajstić information content (AvgIpc) is 3.02. The van der Waals surface area contributed by atoms with Gasteiger partial charge in [-0.1, -0.05) is 31.1 Å². The van der Waals surface area contributed by atoms with Crippen LogP contribution in [0.15, 0.2) is 33.8 Å². The van der Waals surface area contributed by atoms with Crippen LogP contribution in [0.4, 0.5) is 0 Å². The van der Waals surface area contributed by atoms with Crippen molar-refractivity contribution in [1.82, 2.24) is 15.5 Å². The van der Waals surface area contributed by atoms with Crippen molar-refractivity contribution in [2.75, 3.05) is 13.1 Å². The molecule has 0 atom stereocenters. The Bertz CT molecular complexity index is 603. The number of guanidine groups is 1. The Kier molecular flexibility index (Phi) is 5.94. The van der Waals surface area contributed by atoms with E-state index in [1.54, 1.807) is 0 Å². The van der Waals surface area contributed by atoms with E-state index in [-0.39, 0.29) is 0 Å². The zero-order valence-corrected chi connectivity index (χ0v) is 13.2. The third-order valence-electron chi connectivity index (χ3n) is 3.21. The van der Waals surface area contributed by atoms with Gasteiger partial charge < -0.3 is 15.6 Å². The van der Waals surface area contributed by atoms with Gasteiger partial charge in [0.25, 0.3) is 5.89 Å². The van der Waals surface area contributed by atoms with Crippen LogP contribution in [0.1, 0.15) is 31.7 Å². The topological polar surface area (TPSA) is 89.3 Å². The number of aryl methyl sites for hydroxylation is 1. The summed E-state index contributed by atoms with van der Waals surface area (Å²) >= 11 is 0. The number of nitrogens with zero attached hydrogens (tertiary/aromatic N) is 3. The Morgan fingerprint density at radius 3 is 2.68 bits per heavy atom. The molecule has 0 saturated heterocycles. The van der Waals surface area contributed by atoms with Crippen molar-refractivity contribution in [2.45, 2.75) is 33.1 Å². The van der Waals surface area contributed by atoms with Crippen LogP contribution in [-0.4, -0.2) is 29.2 Å². The number of hydrogen-bond acceptors (Lipinski definition) is 4. The summed E-state index contributed by atoms with van der Waals surface area (Å²) in [6.07, 6.45) is 2.65. The maximum absolute atomic E-state index is 5.75. The molecule has 0 aliphatic carbocycles. The molecule has 1 heterocycles. The lowest BCUT2D eigenvalue weighted by molar-refractivity contribution is 0.423. The van der Waals surface area contributed by atoms with E-state index in [0.717, 1.165) is 43.7 Å². The Morgan fingerprint density at radius 1 is 1.27 bits per heavy atom. The largest absolute Gasteiger partial charge is 0.370 e. The molecule has 0 aliphatic rings. The molecule has 0 bridgehead atoms. The molecule has 2 rings (SSSR count). The maximum Gasteiger partial charge on any atom is 0.257 e. The highest BCUT2D eigenvalue weighted by Crippen LogP contribution is 2.18. The molecule has 0 unspecified atom stereocenters. The highest BCUT2D eigenvalue weighted by molar-refractivity contribution is 5.77. The molecule has 0 aliphatic heterocycles. The van der Waals surface area contributed by atoms with Gasteiger partial charge in [0.1, 0.15) is 0 Å². The van der Waals surface area contributed by atoms with Gasteiger partial charge in [-0.2, -0.15) is 4.98 Å². The molecule has 22 heavy (non-hydrogen) atoms. The fraction of sp³-hybridized carbons (Fsp3) is 0.438. The molecule has 1 aromatic carbocycles. The van der Waals surface area contributed by atoms with Crippen molar-refractivity contribution in [3.63, 3.8) is 0 Å². The molecule has 0 spiro atoms. The minimum atomic E-state index is 0.511. The van der Waals surface area contributed by atoms with Crippen LogP contribution in [0, 0.1) is 0 Å². The SMILES string of the molecule is CCCN=C(N)NCCc1ccc(-c2nc(CC)no2)cc1. The van der Waals surface area contributed by atoms with Crippen LogP contribution < -0.4 is 11.1 Å². The molecule has 1 aromatic heterocycles. The van der Waals surface area contributed by atoms with Gasteiger partial charge in [-0.3, -0.25) is 4.99 Å². The zero-order valence-electron chi connectivity index (χ0n) is 13.2. The van der Waals surface area contributed by atoms with E-state index in [1.165, 1.54) is 5.56 Å². The summed E-state index contributed by atoms with van der Waals surface area (Å²) in [6.45, 7) is 5.60. The van der Waals surface area contributed by atoms with E-state index >= 15 is 0 Å². The van der Waals surface area contributed by atoms with Gasteiger partial charge in [0.2, 0.25) is 0 Å². The molecule has 0 amide bonds. The monoisotopic (exact) mass is 301 g/mol. The third-order valence-corrected chi connectivity index (χ3v) is 3.21. The van der Waals surface area contributed by atoms with Crippen molar-refractivity contribution in [1.29, 1.82) is 0 Å². The fourth-order valence-corrected chi connectivity index (χ4v) is 1.95. The molecule has 2 aromatic rings. The number of nitrogens with two attached hydrogens (primary N) is 1. The number of hydrogen-bond donors (Lipinski definition) is 2. The highest BCUT2D eigenvalue weighted by Gasteiger charge is 2.07. The van der Waals surface area contributed by atoms with Gasteiger partial charge in [-0.15, -0.1) is 0 Å². The van der Waals surface area contributed by atoms with Crippen LogP contribution in [-0.2, 0) is 12.8 Å². The summed E-state index contributed by atoms with van der Waals surface area (Å²) in [4.78, 5) is 8.51. The second-order valence-corrected chi connectivity index (χ2v) is 5.01. The molecule has 0 fully saturated rings.